The van der Waals surface area contributed by atoms with Crippen molar-refractivity contribution < 1.29 is 4.39 Å². The van der Waals surface area contributed by atoms with Gasteiger partial charge in [0.05, 0.1) is 23.3 Å². The number of nitrogens with zero attached hydrogens (tertiary/aromatic N) is 4. The van der Waals surface area contributed by atoms with E-state index in [2.05, 4.69) is 65.5 Å². The zero-order valence-corrected chi connectivity index (χ0v) is 25.6. The van der Waals surface area contributed by atoms with Crippen LogP contribution in [0.1, 0.15) is 25.7 Å². The SMILES string of the molecule is C=C(Nc1cncc(-c2cnc3n[nH]c(-c4cc5c(-c6cc(F)cc(NCCN(C)C)c6)cccc5[nH]4)c3c2)c1)C1CCCC1. The third-order valence-corrected chi connectivity index (χ3v) is 8.66. The lowest BCUT2D eigenvalue weighted by Gasteiger charge is -2.15. The number of hydrogen-bond donors (Lipinski definition) is 4. The summed E-state index contributed by atoms with van der Waals surface area (Å²) >= 11 is 0. The van der Waals surface area contributed by atoms with E-state index in [9.17, 15) is 4.39 Å². The Labute approximate surface area is 261 Å². The molecule has 1 fully saturated rings. The summed E-state index contributed by atoms with van der Waals surface area (Å²) in [5.41, 5.74) is 9.70. The standard InChI is InChI=1S/C36H37FN8/c1-22(23-7-4-5-8-23)41-29-15-25(19-38-21-29)26-16-32-35(43-44-36(32)40-20-26)34-18-31-30(9-6-10-33(31)42-34)24-13-27(37)17-28(14-24)39-11-12-45(2)3/h6,9-10,13-21,23,39,41-42H,1,4-5,7-8,11-12H2,2-3H3,(H,40,43,44). The Balaban J connectivity index is 1.20. The van der Waals surface area contributed by atoms with Crippen molar-refractivity contribution in [2.75, 3.05) is 37.8 Å². The van der Waals surface area contributed by atoms with E-state index in [1.54, 1.807) is 6.07 Å². The fourth-order valence-corrected chi connectivity index (χ4v) is 6.30. The van der Waals surface area contributed by atoms with Crippen LogP contribution in [0.3, 0.4) is 0 Å². The number of allylic oxidation sites excluding steroid dienone is 1. The number of hydrogen-bond acceptors (Lipinski definition) is 6. The molecule has 2 aromatic carbocycles. The van der Waals surface area contributed by atoms with E-state index in [4.69, 9.17) is 0 Å². The molecule has 0 bridgehead atoms. The molecule has 0 spiro atoms. The molecule has 7 rings (SSSR count). The van der Waals surface area contributed by atoms with Crippen LogP contribution in [0, 0.1) is 11.7 Å². The van der Waals surface area contributed by atoms with Gasteiger partial charge in [0.2, 0.25) is 0 Å². The summed E-state index contributed by atoms with van der Waals surface area (Å²) in [6.45, 7) is 5.87. The van der Waals surface area contributed by atoms with Crippen molar-refractivity contribution in [2.24, 2.45) is 5.92 Å². The molecule has 8 nitrogen and oxygen atoms in total. The first-order valence-electron chi connectivity index (χ1n) is 15.5. The minimum atomic E-state index is -0.276. The number of fused-ring (bicyclic) bond motifs is 2. The second kappa shape index (κ2) is 12.2. The fourth-order valence-electron chi connectivity index (χ4n) is 6.30. The first-order chi connectivity index (χ1) is 21.9. The van der Waals surface area contributed by atoms with Gasteiger partial charge in [0.1, 0.15) is 5.82 Å². The van der Waals surface area contributed by atoms with Gasteiger partial charge in [-0.1, -0.05) is 31.6 Å². The largest absolute Gasteiger partial charge is 0.384 e. The second-order valence-corrected chi connectivity index (χ2v) is 12.2. The molecule has 0 radical (unpaired) electrons. The zero-order chi connectivity index (χ0) is 30.9. The van der Waals surface area contributed by atoms with Crippen molar-refractivity contribution in [3.63, 3.8) is 0 Å². The molecule has 0 aliphatic heterocycles. The molecule has 4 aromatic heterocycles. The maximum atomic E-state index is 14.7. The van der Waals surface area contributed by atoms with Gasteiger partial charge in [0.25, 0.3) is 0 Å². The predicted molar refractivity (Wildman–Crippen MR) is 182 cm³/mol. The molecule has 228 valence electrons. The van der Waals surface area contributed by atoms with Crippen LogP contribution in [-0.2, 0) is 0 Å². The molecule has 0 atom stereocenters. The van der Waals surface area contributed by atoms with Crippen LogP contribution in [0.2, 0.25) is 0 Å². The number of nitrogens with one attached hydrogen (secondary N) is 4. The number of pyridine rings is 2. The highest BCUT2D eigenvalue weighted by molar-refractivity contribution is 6.01. The number of benzene rings is 2. The van der Waals surface area contributed by atoms with Crippen LogP contribution in [0.15, 0.2) is 85.5 Å². The molecule has 0 unspecified atom stereocenters. The lowest BCUT2D eigenvalue weighted by molar-refractivity contribution is 0.425. The average molecular weight is 601 g/mol. The summed E-state index contributed by atoms with van der Waals surface area (Å²) in [5, 5.41) is 16.4. The molecule has 45 heavy (non-hydrogen) atoms. The van der Waals surface area contributed by atoms with Crippen molar-refractivity contribution in [2.45, 2.75) is 25.7 Å². The minimum Gasteiger partial charge on any atom is -0.384 e. The third kappa shape index (κ3) is 6.04. The number of anilines is 2. The number of aromatic amines is 2. The molecule has 4 heterocycles. The van der Waals surface area contributed by atoms with E-state index in [0.717, 1.165) is 80.1 Å². The Bertz CT molecular complexity index is 2000. The molecule has 4 N–H and O–H groups in total. The highest BCUT2D eigenvalue weighted by Gasteiger charge is 2.19. The van der Waals surface area contributed by atoms with Gasteiger partial charge < -0.3 is 20.5 Å². The van der Waals surface area contributed by atoms with Crippen molar-refractivity contribution in [1.82, 2.24) is 30.0 Å². The van der Waals surface area contributed by atoms with Gasteiger partial charge in [-0.05, 0) is 86.4 Å². The molecule has 1 saturated carbocycles. The molecular weight excluding hydrogens is 563 g/mol. The topological polar surface area (TPSA) is 97.6 Å². The number of aromatic nitrogens is 5. The van der Waals surface area contributed by atoms with Crippen LogP contribution in [0.4, 0.5) is 15.8 Å². The number of rotatable bonds is 10. The van der Waals surface area contributed by atoms with Crippen molar-refractivity contribution in [3.05, 3.63) is 91.3 Å². The Kier molecular flexibility index (Phi) is 7.77. The number of likely N-dealkylation sites (N-methyl/N-ethyl adjacent to an activating group) is 1. The summed E-state index contributed by atoms with van der Waals surface area (Å²) < 4.78 is 14.7. The van der Waals surface area contributed by atoms with E-state index in [1.807, 2.05) is 57.0 Å². The van der Waals surface area contributed by atoms with Gasteiger partial charge in [-0.2, -0.15) is 5.10 Å². The Morgan fingerprint density at radius 3 is 2.62 bits per heavy atom. The van der Waals surface area contributed by atoms with Gasteiger partial charge in [0.15, 0.2) is 5.65 Å². The van der Waals surface area contributed by atoms with Crippen LogP contribution in [0.25, 0.3) is 55.6 Å². The monoisotopic (exact) mass is 600 g/mol. The maximum absolute atomic E-state index is 14.7. The summed E-state index contributed by atoms with van der Waals surface area (Å²) in [7, 11) is 4.04. The van der Waals surface area contributed by atoms with E-state index in [0.29, 0.717) is 11.6 Å². The van der Waals surface area contributed by atoms with Gasteiger partial charge in [-0.15, -0.1) is 0 Å². The minimum absolute atomic E-state index is 0.276. The summed E-state index contributed by atoms with van der Waals surface area (Å²) in [6.07, 6.45) is 10.4. The molecule has 6 aromatic rings. The molecule has 0 amide bonds. The quantitative estimate of drug-likeness (QED) is 0.127. The molecule has 9 heteroatoms. The Morgan fingerprint density at radius 1 is 0.956 bits per heavy atom. The Hall–Kier alpha value is -5.02. The van der Waals surface area contributed by atoms with Gasteiger partial charge in [-0.3, -0.25) is 10.1 Å². The third-order valence-electron chi connectivity index (χ3n) is 8.66. The zero-order valence-electron chi connectivity index (χ0n) is 25.6. The lowest BCUT2D eigenvalue weighted by Crippen LogP contribution is -2.20. The molecular formula is C36H37FN8. The van der Waals surface area contributed by atoms with Crippen LogP contribution >= 0.6 is 0 Å². The van der Waals surface area contributed by atoms with E-state index in [-0.39, 0.29) is 5.82 Å². The molecule has 0 saturated heterocycles. The highest BCUT2D eigenvalue weighted by atomic mass is 19.1. The second-order valence-electron chi connectivity index (χ2n) is 12.2. The van der Waals surface area contributed by atoms with Crippen molar-refractivity contribution in [3.8, 4) is 33.6 Å². The first-order valence-corrected chi connectivity index (χ1v) is 15.5. The summed E-state index contributed by atoms with van der Waals surface area (Å²) in [4.78, 5) is 14.8. The van der Waals surface area contributed by atoms with E-state index in [1.165, 1.54) is 31.7 Å². The molecule has 1 aliphatic rings. The van der Waals surface area contributed by atoms with Gasteiger partial charge in [-0.25, -0.2) is 9.37 Å². The summed E-state index contributed by atoms with van der Waals surface area (Å²) in [6, 6.07) is 17.4. The van der Waals surface area contributed by atoms with Gasteiger partial charge in [0, 0.05) is 64.3 Å². The predicted octanol–water partition coefficient (Wildman–Crippen LogP) is 8.06. The number of halogens is 1. The first kappa shape index (κ1) is 28.7. The van der Waals surface area contributed by atoms with Gasteiger partial charge >= 0.3 is 0 Å². The Morgan fingerprint density at radius 2 is 1.78 bits per heavy atom. The number of H-pyrrole nitrogens is 2. The van der Waals surface area contributed by atoms with Crippen molar-refractivity contribution in [1.29, 1.82) is 0 Å². The highest BCUT2D eigenvalue weighted by Crippen LogP contribution is 2.36. The van der Waals surface area contributed by atoms with Crippen LogP contribution in [-0.4, -0.2) is 57.2 Å². The maximum Gasteiger partial charge on any atom is 0.181 e. The average Bonchev–Trinajstić information content (AvgIpc) is 3.80. The molecule has 1 aliphatic carbocycles. The lowest BCUT2D eigenvalue weighted by atomic mass is 10.0. The van der Waals surface area contributed by atoms with Crippen molar-refractivity contribution >= 4 is 33.3 Å². The normalized spacial score (nSPS) is 13.7. The van der Waals surface area contributed by atoms with E-state index < -0.39 is 0 Å². The van der Waals surface area contributed by atoms with Crippen LogP contribution < -0.4 is 10.6 Å². The van der Waals surface area contributed by atoms with Crippen LogP contribution in [0.5, 0.6) is 0 Å². The smallest absolute Gasteiger partial charge is 0.181 e. The van der Waals surface area contributed by atoms with E-state index >= 15 is 0 Å². The fraction of sp³-hybridized carbons (Fsp3) is 0.250. The summed E-state index contributed by atoms with van der Waals surface area (Å²) in [5.74, 6) is 0.243.